The summed E-state index contributed by atoms with van der Waals surface area (Å²) >= 11 is 0. The minimum atomic E-state index is -0.783. The Kier molecular flexibility index (Phi) is 5.54. The zero-order valence-corrected chi connectivity index (χ0v) is 14.1. The van der Waals surface area contributed by atoms with E-state index in [1.807, 2.05) is 24.3 Å². The van der Waals surface area contributed by atoms with E-state index in [4.69, 9.17) is 0 Å². The fourth-order valence-corrected chi connectivity index (χ4v) is 2.42. The summed E-state index contributed by atoms with van der Waals surface area (Å²) in [4.78, 5) is 11.9. The summed E-state index contributed by atoms with van der Waals surface area (Å²) in [7, 11) is 0. The van der Waals surface area contributed by atoms with Gasteiger partial charge >= 0.3 is 0 Å². The molecule has 0 saturated heterocycles. The van der Waals surface area contributed by atoms with Crippen molar-refractivity contribution in [1.29, 1.82) is 0 Å². The van der Waals surface area contributed by atoms with Crippen LogP contribution in [0.2, 0.25) is 0 Å². The van der Waals surface area contributed by atoms with Gasteiger partial charge in [-0.05, 0) is 29.2 Å². The van der Waals surface area contributed by atoms with Crippen LogP contribution < -0.4 is 10.6 Å². The molecular formula is C19H22F2N2O. The molecule has 0 atom stereocenters. The van der Waals surface area contributed by atoms with Crippen LogP contribution in [0.4, 0.5) is 20.2 Å². The second-order valence-corrected chi connectivity index (χ2v) is 6.62. The van der Waals surface area contributed by atoms with Crippen molar-refractivity contribution in [1.82, 2.24) is 0 Å². The van der Waals surface area contributed by atoms with Gasteiger partial charge in [0.05, 0.1) is 0 Å². The summed E-state index contributed by atoms with van der Waals surface area (Å²) in [5, 5.41) is 5.50. The van der Waals surface area contributed by atoms with Gasteiger partial charge in [0.15, 0.2) is 0 Å². The third-order valence-corrected chi connectivity index (χ3v) is 3.63. The lowest BCUT2D eigenvalue weighted by Crippen LogP contribution is -2.19. The summed E-state index contributed by atoms with van der Waals surface area (Å²) in [6.45, 7) is 6.71. The van der Waals surface area contributed by atoms with Crippen LogP contribution in [0, 0.1) is 11.6 Å². The van der Waals surface area contributed by atoms with E-state index in [0.29, 0.717) is 6.54 Å². The first-order chi connectivity index (χ1) is 11.3. The number of nitrogens with one attached hydrogen (secondary N) is 2. The molecule has 5 heteroatoms. The number of benzene rings is 2. The number of hydrogen-bond acceptors (Lipinski definition) is 2. The van der Waals surface area contributed by atoms with Gasteiger partial charge < -0.3 is 10.6 Å². The van der Waals surface area contributed by atoms with Crippen molar-refractivity contribution in [3.63, 3.8) is 0 Å². The average molecular weight is 332 g/mol. The molecule has 0 aromatic heterocycles. The molecule has 3 nitrogen and oxygen atoms in total. The molecule has 0 aliphatic rings. The fraction of sp³-hybridized carbons (Fsp3) is 0.316. The van der Waals surface area contributed by atoms with E-state index in [1.165, 1.54) is 6.07 Å². The molecule has 0 aliphatic heterocycles. The molecule has 2 rings (SSSR count). The topological polar surface area (TPSA) is 41.1 Å². The van der Waals surface area contributed by atoms with Gasteiger partial charge in [-0.15, -0.1) is 0 Å². The largest absolute Gasteiger partial charge is 0.384 e. The smallest absolute Gasteiger partial charge is 0.226 e. The Labute approximate surface area is 141 Å². The third kappa shape index (κ3) is 4.54. The molecule has 0 bridgehead atoms. The standard InChI is InChI=1S/C19H22F2N2O/c1-19(2,3)13-7-4-5-10-16(13)22-12-11-17(24)23-18-14(20)8-6-9-15(18)21/h4-10,22H,11-12H2,1-3H3,(H,23,24). The maximum absolute atomic E-state index is 13.5. The number of carbonyl (C=O) groups is 1. The maximum atomic E-state index is 13.5. The average Bonchev–Trinajstić information content (AvgIpc) is 2.50. The number of rotatable bonds is 5. The van der Waals surface area contributed by atoms with Crippen molar-refractivity contribution in [3.8, 4) is 0 Å². The first-order valence-corrected chi connectivity index (χ1v) is 7.86. The van der Waals surface area contributed by atoms with Gasteiger partial charge in [-0.25, -0.2) is 8.78 Å². The molecule has 1 amide bonds. The molecule has 0 spiro atoms. The van der Waals surface area contributed by atoms with Crippen LogP contribution in [0.5, 0.6) is 0 Å². The SMILES string of the molecule is CC(C)(C)c1ccccc1NCCC(=O)Nc1c(F)cccc1F. The molecule has 24 heavy (non-hydrogen) atoms. The molecule has 0 aliphatic carbocycles. The molecule has 128 valence electrons. The third-order valence-electron chi connectivity index (χ3n) is 3.63. The van der Waals surface area contributed by atoms with Crippen molar-refractivity contribution in [2.24, 2.45) is 0 Å². The maximum Gasteiger partial charge on any atom is 0.226 e. The van der Waals surface area contributed by atoms with E-state index >= 15 is 0 Å². The van der Waals surface area contributed by atoms with Crippen LogP contribution in [0.3, 0.4) is 0 Å². The van der Waals surface area contributed by atoms with Crippen molar-refractivity contribution in [2.45, 2.75) is 32.6 Å². The summed E-state index contributed by atoms with van der Waals surface area (Å²) in [6.07, 6.45) is 0.103. The van der Waals surface area contributed by atoms with Crippen molar-refractivity contribution < 1.29 is 13.6 Å². The van der Waals surface area contributed by atoms with E-state index in [-0.39, 0.29) is 11.8 Å². The number of halogens is 2. The lowest BCUT2D eigenvalue weighted by atomic mass is 9.86. The lowest BCUT2D eigenvalue weighted by molar-refractivity contribution is -0.116. The molecule has 2 aromatic rings. The summed E-state index contributed by atoms with van der Waals surface area (Å²) in [5.74, 6) is -2.01. The fourth-order valence-electron chi connectivity index (χ4n) is 2.42. The van der Waals surface area contributed by atoms with Crippen LogP contribution in [0.25, 0.3) is 0 Å². The minimum absolute atomic E-state index is 0.0256. The number of carbonyl (C=O) groups excluding carboxylic acids is 1. The molecular weight excluding hydrogens is 310 g/mol. The van der Waals surface area contributed by atoms with Crippen LogP contribution >= 0.6 is 0 Å². The van der Waals surface area contributed by atoms with Crippen molar-refractivity contribution in [2.75, 3.05) is 17.2 Å². The Morgan fingerprint density at radius 2 is 1.62 bits per heavy atom. The minimum Gasteiger partial charge on any atom is -0.384 e. The van der Waals surface area contributed by atoms with Crippen LogP contribution in [0.15, 0.2) is 42.5 Å². The Balaban J connectivity index is 1.95. The monoisotopic (exact) mass is 332 g/mol. The summed E-state index contributed by atoms with van der Waals surface area (Å²) < 4.78 is 27.0. The predicted octanol–water partition coefficient (Wildman–Crippen LogP) is 4.70. The Bertz CT molecular complexity index is 703. The molecule has 0 heterocycles. The van der Waals surface area contributed by atoms with Gasteiger partial charge in [-0.3, -0.25) is 4.79 Å². The van der Waals surface area contributed by atoms with E-state index in [9.17, 15) is 13.6 Å². The van der Waals surface area contributed by atoms with Gasteiger partial charge in [0.1, 0.15) is 17.3 Å². The van der Waals surface area contributed by atoms with Crippen LogP contribution in [-0.2, 0) is 10.2 Å². The van der Waals surface area contributed by atoms with E-state index in [2.05, 4.69) is 31.4 Å². The quantitative estimate of drug-likeness (QED) is 0.833. The second-order valence-electron chi connectivity index (χ2n) is 6.62. The number of para-hydroxylation sites is 2. The Hall–Kier alpha value is -2.43. The highest BCUT2D eigenvalue weighted by molar-refractivity contribution is 5.91. The predicted molar refractivity (Wildman–Crippen MR) is 93.2 cm³/mol. The first-order valence-electron chi connectivity index (χ1n) is 7.86. The zero-order valence-electron chi connectivity index (χ0n) is 14.1. The molecule has 0 radical (unpaired) electrons. The summed E-state index contributed by atoms with van der Waals surface area (Å²) in [5.41, 5.74) is 1.67. The zero-order chi connectivity index (χ0) is 17.7. The molecule has 0 fully saturated rings. The highest BCUT2D eigenvalue weighted by Crippen LogP contribution is 2.29. The second kappa shape index (κ2) is 7.43. The number of hydrogen-bond donors (Lipinski definition) is 2. The molecule has 2 aromatic carbocycles. The van der Waals surface area contributed by atoms with Gasteiger partial charge in [0, 0.05) is 18.7 Å². The van der Waals surface area contributed by atoms with E-state index < -0.39 is 23.2 Å². The van der Waals surface area contributed by atoms with Crippen LogP contribution in [0.1, 0.15) is 32.8 Å². The van der Waals surface area contributed by atoms with Crippen molar-refractivity contribution >= 4 is 17.3 Å². The van der Waals surface area contributed by atoms with E-state index in [0.717, 1.165) is 23.4 Å². The molecule has 2 N–H and O–H groups in total. The molecule has 0 saturated carbocycles. The van der Waals surface area contributed by atoms with E-state index in [1.54, 1.807) is 0 Å². The lowest BCUT2D eigenvalue weighted by Gasteiger charge is -2.23. The van der Waals surface area contributed by atoms with Gasteiger partial charge in [0.25, 0.3) is 0 Å². The highest BCUT2D eigenvalue weighted by atomic mass is 19.1. The summed E-state index contributed by atoms with van der Waals surface area (Å²) in [6, 6.07) is 11.4. The van der Waals surface area contributed by atoms with Gasteiger partial charge in [-0.1, -0.05) is 45.0 Å². The number of anilines is 2. The van der Waals surface area contributed by atoms with Gasteiger partial charge in [-0.2, -0.15) is 0 Å². The molecule has 0 unspecified atom stereocenters. The normalized spacial score (nSPS) is 11.2. The first kappa shape index (κ1) is 17.9. The Morgan fingerprint density at radius 3 is 2.25 bits per heavy atom. The number of amides is 1. The van der Waals surface area contributed by atoms with Gasteiger partial charge in [0.2, 0.25) is 5.91 Å². The van der Waals surface area contributed by atoms with Crippen LogP contribution in [-0.4, -0.2) is 12.5 Å². The van der Waals surface area contributed by atoms with Crippen molar-refractivity contribution in [3.05, 3.63) is 59.7 Å². The Morgan fingerprint density at radius 1 is 1.00 bits per heavy atom. The highest BCUT2D eigenvalue weighted by Gasteiger charge is 2.17.